The van der Waals surface area contributed by atoms with Gasteiger partial charge in [0.25, 0.3) is 17.7 Å². The van der Waals surface area contributed by atoms with Gasteiger partial charge in [-0.3, -0.25) is 19.7 Å². The Bertz CT molecular complexity index is 916. The molecule has 4 amide bonds. The molecule has 0 spiro atoms. The van der Waals surface area contributed by atoms with Crippen LogP contribution in [0.4, 0.5) is 9.80 Å². The minimum absolute atomic E-state index is 0.0308. The van der Waals surface area contributed by atoms with Crippen molar-refractivity contribution in [3.63, 3.8) is 0 Å². The molecule has 1 aliphatic rings. The number of alkyl carbamates (subject to hydrolysis) is 1. The number of carbonyl (C=O) groups excluding carboxylic acids is 4. The fraction of sp³-hybridized carbons (Fsp3) is 0.300. The Labute approximate surface area is 171 Å². The summed E-state index contributed by atoms with van der Waals surface area (Å²) >= 11 is 1.16. The van der Waals surface area contributed by atoms with Crippen LogP contribution in [0.1, 0.15) is 50.3 Å². The molecule has 1 aliphatic heterocycles. The number of thiophene rings is 1. The molecule has 0 saturated carbocycles. The van der Waals surface area contributed by atoms with E-state index in [1.54, 1.807) is 29.6 Å². The highest BCUT2D eigenvalue weighted by molar-refractivity contribution is 7.14. The minimum atomic E-state index is -0.882. The highest BCUT2D eigenvalue weighted by Crippen LogP contribution is 2.24. The van der Waals surface area contributed by atoms with E-state index in [1.165, 1.54) is 6.07 Å². The first kappa shape index (κ1) is 20.5. The summed E-state index contributed by atoms with van der Waals surface area (Å²) < 4.78 is 4.40. The largest absolute Gasteiger partial charge is 0.453 e. The lowest BCUT2D eigenvalue weighted by molar-refractivity contribution is 0.0723. The number of methoxy groups -OCH3 is 1. The molecule has 1 saturated heterocycles. The van der Waals surface area contributed by atoms with Gasteiger partial charge in [0.15, 0.2) is 0 Å². The lowest BCUT2D eigenvalue weighted by Crippen LogP contribution is -2.35. The van der Waals surface area contributed by atoms with E-state index in [9.17, 15) is 19.2 Å². The average molecular weight is 415 g/mol. The highest BCUT2D eigenvalue weighted by Gasteiger charge is 2.20. The van der Waals surface area contributed by atoms with Crippen LogP contribution in [0.25, 0.3) is 0 Å². The lowest BCUT2D eigenvalue weighted by atomic mass is 10.1. The van der Waals surface area contributed by atoms with Gasteiger partial charge >= 0.3 is 6.09 Å². The van der Waals surface area contributed by atoms with Crippen LogP contribution in [0, 0.1) is 0 Å². The second-order valence-electron chi connectivity index (χ2n) is 6.49. The first-order valence-corrected chi connectivity index (χ1v) is 10.0. The van der Waals surface area contributed by atoms with Gasteiger partial charge in [-0.05, 0) is 55.0 Å². The highest BCUT2D eigenvalue weighted by atomic mass is 32.1. The van der Waals surface area contributed by atoms with Crippen molar-refractivity contribution in [2.75, 3.05) is 25.5 Å². The fourth-order valence-corrected chi connectivity index (χ4v) is 3.79. The summed E-state index contributed by atoms with van der Waals surface area (Å²) in [4.78, 5) is 50.2. The van der Waals surface area contributed by atoms with E-state index in [1.807, 2.05) is 10.2 Å². The molecule has 0 bridgehead atoms. The van der Waals surface area contributed by atoms with Crippen molar-refractivity contribution in [3.05, 3.63) is 52.4 Å². The normalized spacial score (nSPS) is 13.5. The Hall–Kier alpha value is -3.20. The Balaban J connectivity index is 1.66. The molecule has 8 nitrogen and oxygen atoms in total. The molecule has 9 heteroatoms. The third kappa shape index (κ3) is 5.00. The Kier molecular flexibility index (Phi) is 6.61. The quantitative estimate of drug-likeness (QED) is 0.798. The van der Waals surface area contributed by atoms with Crippen LogP contribution < -0.4 is 10.6 Å². The maximum Gasteiger partial charge on any atom is 0.413 e. The van der Waals surface area contributed by atoms with Crippen molar-refractivity contribution in [3.8, 4) is 0 Å². The molecule has 0 atom stereocenters. The third-order valence-electron chi connectivity index (χ3n) is 4.58. The molecule has 2 heterocycles. The number of nitrogens with zero attached hydrogens (tertiary/aromatic N) is 1. The molecular formula is C20H21N3O5S. The lowest BCUT2D eigenvalue weighted by Gasteiger charge is -2.26. The van der Waals surface area contributed by atoms with Crippen LogP contribution in [0.3, 0.4) is 0 Å². The van der Waals surface area contributed by atoms with Gasteiger partial charge in [-0.25, -0.2) is 4.79 Å². The van der Waals surface area contributed by atoms with Crippen molar-refractivity contribution in [1.82, 2.24) is 10.2 Å². The van der Waals surface area contributed by atoms with Crippen LogP contribution in [0.2, 0.25) is 0 Å². The number of anilines is 1. The molecule has 0 aliphatic carbocycles. The summed E-state index contributed by atoms with van der Waals surface area (Å²) in [6.07, 6.45) is 2.29. The zero-order valence-electron chi connectivity index (χ0n) is 15.9. The van der Waals surface area contributed by atoms with Gasteiger partial charge in [-0.2, -0.15) is 0 Å². The molecule has 1 aromatic heterocycles. The SMILES string of the molecule is COC(=O)NC(=O)c1ccsc1NC(=O)c1ccc(C(=O)N2CCCCC2)cc1. The van der Waals surface area contributed by atoms with E-state index in [2.05, 4.69) is 10.1 Å². The minimum Gasteiger partial charge on any atom is -0.453 e. The number of hydrogen-bond acceptors (Lipinski definition) is 6. The molecule has 0 unspecified atom stereocenters. The van der Waals surface area contributed by atoms with E-state index in [0.717, 1.165) is 50.8 Å². The average Bonchev–Trinajstić information content (AvgIpc) is 3.22. The predicted molar refractivity (Wildman–Crippen MR) is 108 cm³/mol. The van der Waals surface area contributed by atoms with Gasteiger partial charge < -0.3 is 15.0 Å². The van der Waals surface area contributed by atoms with Crippen molar-refractivity contribution >= 4 is 40.2 Å². The number of nitrogens with one attached hydrogen (secondary N) is 2. The zero-order valence-corrected chi connectivity index (χ0v) is 16.7. The Morgan fingerprint density at radius 3 is 2.24 bits per heavy atom. The molecule has 2 aromatic rings. The first-order valence-electron chi connectivity index (χ1n) is 9.17. The van der Waals surface area contributed by atoms with Crippen LogP contribution in [-0.2, 0) is 4.74 Å². The van der Waals surface area contributed by atoms with Gasteiger partial charge in [0.1, 0.15) is 5.00 Å². The number of hydrogen-bond donors (Lipinski definition) is 2. The van der Waals surface area contributed by atoms with Gasteiger partial charge in [0.2, 0.25) is 0 Å². The van der Waals surface area contributed by atoms with Crippen LogP contribution in [0.15, 0.2) is 35.7 Å². The number of amides is 4. The van der Waals surface area contributed by atoms with Crippen molar-refractivity contribution in [2.45, 2.75) is 19.3 Å². The number of piperidine rings is 1. The number of rotatable bonds is 4. The Morgan fingerprint density at radius 1 is 0.931 bits per heavy atom. The fourth-order valence-electron chi connectivity index (χ4n) is 3.01. The maximum absolute atomic E-state index is 12.5. The van der Waals surface area contributed by atoms with Crippen LogP contribution in [-0.4, -0.2) is 48.9 Å². The van der Waals surface area contributed by atoms with Gasteiger partial charge in [-0.1, -0.05) is 0 Å². The number of benzene rings is 1. The van der Waals surface area contributed by atoms with Gasteiger partial charge in [-0.15, -0.1) is 11.3 Å². The van der Waals surface area contributed by atoms with Gasteiger partial charge in [0, 0.05) is 24.2 Å². The number of carbonyl (C=O) groups is 4. The zero-order chi connectivity index (χ0) is 20.8. The molecule has 3 rings (SSSR count). The molecule has 2 N–H and O–H groups in total. The molecule has 0 radical (unpaired) electrons. The van der Waals surface area contributed by atoms with E-state index >= 15 is 0 Å². The maximum atomic E-state index is 12.5. The standard InChI is InChI=1S/C20H21N3O5S/c1-28-20(27)22-17(25)15-9-12-29-18(15)21-16(24)13-5-7-14(8-6-13)19(26)23-10-3-2-4-11-23/h5-9,12H,2-4,10-11H2,1H3,(H,21,24)(H,22,25,27). The summed E-state index contributed by atoms with van der Waals surface area (Å²) in [7, 11) is 1.15. The third-order valence-corrected chi connectivity index (χ3v) is 5.41. The van der Waals surface area contributed by atoms with Crippen LogP contribution in [0.5, 0.6) is 0 Å². The second-order valence-corrected chi connectivity index (χ2v) is 7.41. The molecule has 1 aromatic carbocycles. The summed E-state index contributed by atoms with van der Waals surface area (Å²) in [5.74, 6) is -1.12. The van der Waals surface area contributed by atoms with E-state index in [4.69, 9.17) is 0 Å². The first-order chi connectivity index (χ1) is 14.0. The topological polar surface area (TPSA) is 105 Å². The Morgan fingerprint density at radius 2 is 1.59 bits per heavy atom. The summed E-state index contributed by atoms with van der Waals surface area (Å²) in [6, 6.07) is 7.91. The number of likely N-dealkylation sites (tertiary alicyclic amines) is 1. The summed E-state index contributed by atoms with van der Waals surface area (Å²) in [6.45, 7) is 1.52. The smallest absolute Gasteiger partial charge is 0.413 e. The van der Waals surface area contributed by atoms with Crippen molar-refractivity contribution in [2.24, 2.45) is 0 Å². The van der Waals surface area contributed by atoms with Crippen molar-refractivity contribution < 1.29 is 23.9 Å². The number of imide groups is 1. The molecule has 152 valence electrons. The monoisotopic (exact) mass is 415 g/mol. The number of ether oxygens (including phenoxy) is 1. The van der Waals surface area contributed by atoms with Crippen LogP contribution >= 0.6 is 11.3 Å². The van der Waals surface area contributed by atoms with Crippen molar-refractivity contribution in [1.29, 1.82) is 0 Å². The molecule has 29 heavy (non-hydrogen) atoms. The molecule has 1 fully saturated rings. The van der Waals surface area contributed by atoms with E-state index in [-0.39, 0.29) is 11.5 Å². The van der Waals surface area contributed by atoms with E-state index in [0.29, 0.717) is 16.1 Å². The van der Waals surface area contributed by atoms with E-state index < -0.39 is 17.9 Å². The predicted octanol–water partition coefficient (Wildman–Crippen LogP) is 3.12. The second kappa shape index (κ2) is 9.33. The summed E-state index contributed by atoms with van der Waals surface area (Å²) in [5, 5.41) is 6.65. The summed E-state index contributed by atoms with van der Waals surface area (Å²) in [5.41, 5.74) is 1.05. The molecular weight excluding hydrogens is 394 g/mol. The van der Waals surface area contributed by atoms with Gasteiger partial charge in [0.05, 0.1) is 12.7 Å².